The second kappa shape index (κ2) is 12.2. The van der Waals surface area contributed by atoms with Gasteiger partial charge >= 0.3 is 0 Å². The van der Waals surface area contributed by atoms with Crippen molar-refractivity contribution in [1.29, 1.82) is 0 Å². The van der Waals surface area contributed by atoms with Gasteiger partial charge in [-0.05, 0) is 29.3 Å². The van der Waals surface area contributed by atoms with Crippen LogP contribution in [-0.4, -0.2) is 27.1 Å². The van der Waals surface area contributed by atoms with E-state index in [-0.39, 0.29) is 17.2 Å². The highest BCUT2D eigenvalue weighted by molar-refractivity contribution is 6.74. The average Bonchev–Trinajstić information content (AvgIpc) is 2.75. The molecule has 0 aromatic heterocycles. The lowest BCUT2D eigenvalue weighted by Crippen LogP contribution is -2.40. The molecule has 0 aliphatic rings. The molecule has 0 unspecified atom stereocenters. The molecule has 168 valence electrons. The van der Waals surface area contributed by atoms with Crippen molar-refractivity contribution in [2.24, 2.45) is 0 Å². The van der Waals surface area contributed by atoms with Gasteiger partial charge in [-0.1, -0.05) is 99.7 Å². The van der Waals surface area contributed by atoms with Crippen LogP contribution in [0, 0.1) is 0 Å². The second-order valence-corrected chi connectivity index (χ2v) is 14.1. The van der Waals surface area contributed by atoms with Crippen LogP contribution in [0.3, 0.4) is 0 Å². The fourth-order valence-electron chi connectivity index (χ4n) is 2.75. The molecule has 0 fully saturated rings. The van der Waals surface area contributed by atoms with Crippen LogP contribution in [0.5, 0.6) is 0 Å². The Labute approximate surface area is 189 Å². The van der Waals surface area contributed by atoms with Crippen molar-refractivity contribution in [3.8, 4) is 0 Å². The molecule has 4 heteroatoms. The Kier molecular flexibility index (Phi) is 9.91. The first kappa shape index (κ1) is 25.3. The zero-order valence-electron chi connectivity index (χ0n) is 19.7. The largest absolute Gasteiger partial charge is 0.413 e. The van der Waals surface area contributed by atoms with Gasteiger partial charge in [-0.2, -0.15) is 0 Å². The van der Waals surface area contributed by atoms with E-state index in [2.05, 4.69) is 70.8 Å². The fourth-order valence-corrected chi connectivity index (χ4v) is 3.70. The lowest BCUT2D eigenvalue weighted by atomic mass is 10.1. The average molecular weight is 439 g/mol. The lowest BCUT2D eigenvalue weighted by molar-refractivity contribution is -0.0421. The number of rotatable bonds is 12. The molecule has 0 spiro atoms. The molecule has 2 aromatic carbocycles. The minimum Gasteiger partial charge on any atom is -0.413 e. The Balaban J connectivity index is 2.03. The standard InChI is InChI=1S/C27H38O3Si/c1-7-25(28-21-23-15-10-8-11-16-23)26(29-22-24-17-12-9-13-18-24)19-14-20-30-31(5,6)27(2,3)4/h7-19,25-26H,1,20-22H2,2-6H3/b19-14-/t25-,26+/m0/s1. The summed E-state index contributed by atoms with van der Waals surface area (Å²) in [5.74, 6) is 0. The van der Waals surface area contributed by atoms with E-state index in [4.69, 9.17) is 13.9 Å². The summed E-state index contributed by atoms with van der Waals surface area (Å²) >= 11 is 0. The van der Waals surface area contributed by atoms with Crippen LogP contribution >= 0.6 is 0 Å². The molecule has 31 heavy (non-hydrogen) atoms. The number of benzene rings is 2. The molecule has 2 atom stereocenters. The zero-order valence-corrected chi connectivity index (χ0v) is 20.7. The third-order valence-corrected chi connectivity index (χ3v) is 10.3. The maximum absolute atomic E-state index is 6.28. The zero-order chi connectivity index (χ0) is 22.7. The highest BCUT2D eigenvalue weighted by Gasteiger charge is 2.36. The van der Waals surface area contributed by atoms with Crippen molar-refractivity contribution in [3.05, 3.63) is 96.6 Å². The molecule has 0 bridgehead atoms. The molecular weight excluding hydrogens is 400 g/mol. The molecule has 0 saturated carbocycles. The number of ether oxygens (including phenoxy) is 2. The second-order valence-electron chi connectivity index (χ2n) is 9.26. The van der Waals surface area contributed by atoms with Crippen molar-refractivity contribution in [1.82, 2.24) is 0 Å². The van der Waals surface area contributed by atoms with Crippen LogP contribution < -0.4 is 0 Å². The Morgan fingerprint density at radius 2 is 1.32 bits per heavy atom. The van der Waals surface area contributed by atoms with Crippen LogP contribution in [0.2, 0.25) is 18.1 Å². The minimum atomic E-state index is -1.79. The minimum absolute atomic E-state index is 0.187. The third-order valence-electron chi connectivity index (χ3n) is 5.80. The quantitative estimate of drug-likeness (QED) is 0.266. The molecular formula is C27H38O3Si. The summed E-state index contributed by atoms with van der Waals surface area (Å²) in [7, 11) is -1.79. The van der Waals surface area contributed by atoms with Crippen LogP contribution in [0.4, 0.5) is 0 Å². The molecule has 0 aliphatic carbocycles. The summed E-state index contributed by atoms with van der Waals surface area (Å²) in [6, 6.07) is 20.3. The van der Waals surface area contributed by atoms with E-state index in [1.807, 2.05) is 48.6 Å². The van der Waals surface area contributed by atoms with Crippen molar-refractivity contribution in [3.63, 3.8) is 0 Å². The van der Waals surface area contributed by atoms with Gasteiger partial charge in [0.2, 0.25) is 0 Å². The van der Waals surface area contributed by atoms with E-state index < -0.39 is 8.32 Å². The Morgan fingerprint density at radius 3 is 1.77 bits per heavy atom. The van der Waals surface area contributed by atoms with Crippen LogP contribution in [-0.2, 0) is 27.1 Å². The summed E-state index contributed by atoms with van der Waals surface area (Å²) in [5, 5.41) is 0.187. The molecule has 0 heterocycles. The van der Waals surface area contributed by atoms with Gasteiger partial charge in [-0.15, -0.1) is 6.58 Å². The molecule has 0 saturated heterocycles. The van der Waals surface area contributed by atoms with E-state index in [1.165, 1.54) is 0 Å². The van der Waals surface area contributed by atoms with Crippen LogP contribution in [0.15, 0.2) is 85.5 Å². The lowest BCUT2D eigenvalue weighted by Gasteiger charge is -2.35. The van der Waals surface area contributed by atoms with Crippen molar-refractivity contribution >= 4 is 8.32 Å². The van der Waals surface area contributed by atoms with Crippen molar-refractivity contribution < 1.29 is 13.9 Å². The first-order chi connectivity index (χ1) is 14.7. The van der Waals surface area contributed by atoms with E-state index in [1.54, 1.807) is 0 Å². The third kappa shape index (κ3) is 8.58. The number of hydrogen-bond acceptors (Lipinski definition) is 3. The fraction of sp³-hybridized carbons (Fsp3) is 0.407. The van der Waals surface area contributed by atoms with Gasteiger partial charge in [0.15, 0.2) is 8.32 Å². The predicted molar refractivity (Wildman–Crippen MR) is 133 cm³/mol. The summed E-state index contributed by atoms with van der Waals surface area (Å²) in [5.41, 5.74) is 2.26. The van der Waals surface area contributed by atoms with E-state index in [0.717, 1.165) is 11.1 Å². The van der Waals surface area contributed by atoms with E-state index >= 15 is 0 Å². The molecule has 0 amide bonds. The highest BCUT2D eigenvalue weighted by atomic mass is 28.4. The molecule has 2 aromatic rings. The maximum atomic E-state index is 6.28. The Morgan fingerprint density at radius 1 is 0.839 bits per heavy atom. The molecule has 2 rings (SSSR count). The first-order valence-electron chi connectivity index (χ1n) is 11.0. The van der Waals surface area contributed by atoms with Crippen molar-refractivity contribution in [2.75, 3.05) is 6.61 Å². The Hall–Kier alpha value is -1.98. The Bertz CT molecular complexity index is 794. The molecule has 0 radical (unpaired) electrons. The van der Waals surface area contributed by atoms with Gasteiger partial charge in [0.25, 0.3) is 0 Å². The maximum Gasteiger partial charge on any atom is 0.192 e. The molecule has 0 aliphatic heterocycles. The van der Waals surface area contributed by atoms with Gasteiger partial charge < -0.3 is 13.9 Å². The van der Waals surface area contributed by atoms with Gasteiger partial charge in [-0.25, -0.2) is 0 Å². The first-order valence-corrected chi connectivity index (χ1v) is 13.9. The topological polar surface area (TPSA) is 27.7 Å². The number of hydrogen-bond donors (Lipinski definition) is 0. The predicted octanol–water partition coefficient (Wildman–Crippen LogP) is 6.92. The SMILES string of the molecule is C=C[C@H](OCc1ccccc1)[C@@H](/C=C\CO[Si](C)(C)C(C)(C)C)OCc1ccccc1. The van der Waals surface area contributed by atoms with E-state index in [0.29, 0.717) is 19.8 Å². The van der Waals surface area contributed by atoms with Gasteiger partial charge in [0, 0.05) is 0 Å². The smallest absolute Gasteiger partial charge is 0.192 e. The van der Waals surface area contributed by atoms with Gasteiger partial charge in [0.1, 0.15) is 12.2 Å². The van der Waals surface area contributed by atoms with Crippen LogP contribution in [0.25, 0.3) is 0 Å². The summed E-state index contributed by atoms with van der Waals surface area (Å²) in [4.78, 5) is 0. The normalized spacial score (nSPS) is 14.5. The molecule has 0 N–H and O–H groups in total. The summed E-state index contributed by atoms with van der Waals surface area (Å²) < 4.78 is 18.7. The molecule has 3 nitrogen and oxygen atoms in total. The van der Waals surface area contributed by atoms with E-state index in [9.17, 15) is 0 Å². The van der Waals surface area contributed by atoms with Gasteiger partial charge in [-0.3, -0.25) is 0 Å². The van der Waals surface area contributed by atoms with Crippen LogP contribution in [0.1, 0.15) is 31.9 Å². The highest BCUT2D eigenvalue weighted by Crippen LogP contribution is 2.36. The van der Waals surface area contributed by atoms with Crippen molar-refractivity contribution in [2.45, 2.75) is 64.3 Å². The monoisotopic (exact) mass is 438 g/mol. The summed E-state index contributed by atoms with van der Waals surface area (Å²) in [6.45, 7) is 16.9. The summed E-state index contributed by atoms with van der Waals surface area (Å²) in [6.07, 6.45) is 5.42. The van der Waals surface area contributed by atoms with Gasteiger partial charge in [0.05, 0.1) is 19.8 Å².